The summed E-state index contributed by atoms with van der Waals surface area (Å²) >= 11 is 1.27. The van der Waals surface area contributed by atoms with Gasteiger partial charge in [-0.15, -0.1) is 0 Å². The number of anilines is 1. The molecule has 0 aromatic carbocycles. The maximum atomic E-state index is 11.9. The molecule has 0 bridgehead atoms. The van der Waals surface area contributed by atoms with Crippen LogP contribution in [0.1, 0.15) is 33.6 Å². The van der Waals surface area contributed by atoms with Gasteiger partial charge in [0.05, 0.1) is 30.1 Å². The van der Waals surface area contributed by atoms with Gasteiger partial charge in [-0.2, -0.15) is 5.10 Å². The summed E-state index contributed by atoms with van der Waals surface area (Å²) in [4.78, 5) is 14.2. The molecule has 1 aromatic rings. The summed E-state index contributed by atoms with van der Waals surface area (Å²) < 4.78 is 12.0. The van der Waals surface area contributed by atoms with Crippen LogP contribution in [0, 0.1) is 0 Å². The molecule has 130 valence electrons. The fourth-order valence-electron chi connectivity index (χ4n) is 2.58. The first-order valence-corrected chi connectivity index (χ1v) is 8.64. The summed E-state index contributed by atoms with van der Waals surface area (Å²) in [6.07, 6.45) is 5.57. The third-order valence-electron chi connectivity index (χ3n) is 3.50. The number of nitrogens with one attached hydrogen (secondary N) is 1. The van der Waals surface area contributed by atoms with Crippen LogP contribution in [0.25, 0.3) is 0 Å². The van der Waals surface area contributed by atoms with Gasteiger partial charge in [-0.1, -0.05) is 0 Å². The Bertz CT molecular complexity index is 528. The number of aromatic nitrogens is 2. The molecule has 0 spiro atoms. The highest BCUT2D eigenvalue weighted by atomic mass is 32.2. The van der Waals surface area contributed by atoms with Crippen LogP contribution in [-0.4, -0.2) is 52.6 Å². The molecule has 0 saturated carbocycles. The van der Waals surface area contributed by atoms with Crippen LogP contribution in [0.3, 0.4) is 0 Å². The molecule has 23 heavy (non-hydrogen) atoms. The Morgan fingerprint density at radius 2 is 2.22 bits per heavy atom. The van der Waals surface area contributed by atoms with E-state index >= 15 is 0 Å². The minimum absolute atomic E-state index is 0.317. The largest absolute Gasteiger partial charge is 0.443 e. The molecular weight excluding hydrogens is 314 g/mol. The van der Waals surface area contributed by atoms with Gasteiger partial charge in [-0.25, -0.2) is 9.52 Å². The minimum Gasteiger partial charge on any atom is -0.443 e. The minimum atomic E-state index is -0.505. The molecule has 1 aromatic heterocycles. The first-order valence-electron chi connectivity index (χ1n) is 7.87. The summed E-state index contributed by atoms with van der Waals surface area (Å²) in [5.74, 6) is 0. The molecule has 0 aliphatic carbocycles. The molecule has 2 rings (SSSR count). The van der Waals surface area contributed by atoms with Gasteiger partial charge in [0.25, 0.3) is 0 Å². The van der Waals surface area contributed by atoms with E-state index in [0.717, 1.165) is 31.6 Å². The van der Waals surface area contributed by atoms with Crippen molar-refractivity contribution in [2.24, 2.45) is 7.05 Å². The second kappa shape index (κ2) is 7.44. The average molecular weight is 341 g/mol. The number of piperidine rings is 1. The van der Waals surface area contributed by atoms with Gasteiger partial charge in [0.1, 0.15) is 5.60 Å². The van der Waals surface area contributed by atoms with Crippen LogP contribution < -0.4 is 9.03 Å². The Hall–Kier alpha value is -1.41. The first-order chi connectivity index (χ1) is 10.7. The lowest BCUT2D eigenvalue weighted by molar-refractivity contribution is 0.0574. The molecule has 0 radical (unpaired) electrons. The number of likely N-dealkylation sites (tertiary alicyclic amines) is 1. The Kier molecular flexibility index (Phi) is 5.80. The van der Waals surface area contributed by atoms with Crippen LogP contribution >= 0.6 is 12.1 Å². The third kappa shape index (κ3) is 5.62. The monoisotopic (exact) mass is 341 g/mol. The highest BCUT2D eigenvalue weighted by Gasteiger charge is 2.27. The first kappa shape index (κ1) is 17.9. The smallest absolute Gasteiger partial charge is 0.419 e. The Morgan fingerprint density at radius 1 is 1.48 bits per heavy atom. The topological polar surface area (TPSA) is 62.6 Å². The zero-order chi connectivity index (χ0) is 17.0. The number of hydrogen-bond acceptors (Lipinski definition) is 6. The highest BCUT2D eigenvalue weighted by Crippen LogP contribution is 2.27. The van der Waals surface area contributed by atoms with Gasteiger partial charge in [-0.05, 0) is 47.2 Å². The maximum Gasteiger partial charge on any atom is 0.419 e. The molecular formula is C15H27N5O2S. The molecule has 8 heteroatoms. The Labute approximate surface area is 142 Å². The van der Waals surface area contributed by atoms with E-state index in [0.29, 0.717) is 6.04 Å². The predicted molar refractivity (Wildman–Crippen MR) is 93.2 cm³/mol. The van der Waals surface area contributed by atoms with Gasteiger partial charge in [0.15, 0.2) is 0 Å². The van der Waals surface area contributed by atoms with E-state index < -0.39 is 11.7 Å². The molecule has 7 nitrogen and oxygen atoms in total. The average Bonchev–Trinajstić information content (AvgIpc) is 2.83. The van der Waals surface area contributed by atoms with Crippen LogP contribution in [0.15, 0.2) is 12.4 Å². The van der Waals surface area contributed by atoms with Crippen molar-refractivity contribution in [3.63, 3.8) is 0 Å². The number of aryl methyl sites for hydroxylation is 1. The molecule has 1 aliphatic rings. The normalized spacial score (nSPS) is 19.4. The van der Waals surface area contributed by atoms with Gasteiger partial charge < -0.3 is 9.64 Å². The van der Waals surface area contributed by atoms with Crippen LogP contribution in [0.2, 0.25) is 0 Å². The quantitative estimate of drug-likeness (QED) is 0.849. The molecule has 1 unspecified atom stereocenters. The van der Waals surface area contributed by atoms with Crippen LogP contribution in [0.4, 0.5) is 10.5 Å². The van der Waals surface area contributed by atoms with Crippen molar-refractivity contribution >= 4 is 23.9 Å². The second-order valence-electron chi connectivity index (χ2n) is 6.95. The molecule has 1 aliphatic heterocycles. The molecule has 1 fully saturated rings. The number of nitrogens with zero attached hydrogens (tertiary/aromatic N) is 4. The lowest BCUT2D eigenvalue weighted by Gasteiger charge is -2.37. The number of carbonyl (C=O) groups excluding carboxylic acids is 1. The maximum absolute atomic E-state index is 11.9. The number of hydrogen-bond donors (Lipinski definition) is 1. The van der Waals surface area contributed by atoms with Gasteiger partial charge >= 0.3 is 6.09 Å². The van der Waals surface area contributed by atoms with E-state index in [9.17, 15) is 4.79 Å². The van der Waals surface area contributed by atoms with Crippen molar-refractivity contribution < 1.29 is 9.53 Å². The fourth-order valence-corrected chi connectivity index (χ4v) is 3.31. The predicted octanol–water partition coefficient (Wildman–Crippen LogP) is 2.41. The summed E-state index contributed by atoms with van der Waals surface area (Å²) in [5, 5.41) is 4.24. The van der Waals surface area contributed by atoms with E-state index in [1.807, 2.05) is 40.2 Å². The Balaban J connectivity index is 2.03. The summed E-state index contributed by atoms with van der Waals surface area (Å²) in [5.41, 5.74) is 0.475. The SMILES string of the molecule is CN1CCCC(N(SNC(=O)OC(C)(C)C)c2cnn(C)c2)C1. The van der Waals surface area contributed by atoms with E-state index in [-0.39, 0.29) is 0 Å². The summed E-state index contributed by atoms with van der Waals surface area (Å²) in [7, 11) is 4.01. The highest BCUT2D eigenvalue weighted by molar-refractivity contribution is 7.99. The number of carbonyl (C=O) groups is 1. The van der Waals surface area contributed by atoms with Gasteiger partial charge in [0.2, 0.25) is 0 Å². The van der Waals surface area contributed by atoms with Crippen LogP contribution in [0.5, 0.6) is 0 Å². The van der Waals surface area contributed by atoms with Crippen molar-refractivity contribution in [1.82, 2.24) is 19.4 Å². The van der Waals surface area contributed by atoms with E-state index in [2.05, 4.69) is 26.1 Å². The van der Waals surface area contributed by atoms with Crippen molar-refractivity contribution in [1.29, 1.82) is 0 Å². The zero-order valence-electron chi connectivity index (χ0n) is 14.6. The van der Waals surface area contributed by atoms with Crippen molar-refractivity contribution in [3.05, 3.63) is 12.4 Å². The number of likely N-dealkylation sites (N-methyl/N-ethyl adjacent to an activating group) is 1. The number of amides is 1. The molecule has 1 amide bonds. The Morgan fingerprint density at radius 3 is 2.78 bits per heavy atom. The van der Waals surface area contributed by atoms with Crippen molar-refractivity contribution in [3.8, 4) is 0 Å². The van der Waals surface area contributed by atoms with E-state index in [1.165, 1.54) is 12.1 Å². The molecule has 1 atom stereocenters. The number of ether oxygens (including phenoxy) is 1. The summed E-state index contributed by atoms with van der Waals surface area (Å²) in [6, 6.07) is 0.317. The third-order valence-corrected chi connectivity index (χ3v) is 4.47. The second-order valence-corrected chi connectivity index (χ2v) is 7.73. The van der Waals surface area contributed by atoms with Gasteiger partial charge in [-0.3, -0.25) is 8.99 Å². The lowest BCUT2D eigenvalue weighted by atomic mass is 10.1. The number of rotatable bonds is 4. The fraction of sp³-hybridized carbons (Fsp3) is 0.733. The van der Waals surface area contributed by atoms with E-state index in [1.54, 1.807) is 4.68 Å². The molecule has 2 heterocycles. The molecule has 1 saturated heterocycles. The lowest BCUT2D eigenvalue weighted by Crippen LogP contribution is -2.45. The van der Waals surface area contributed by atoms with E-state index in [4.69, 9.17) is 4.74 Å². The van der Waals surface area contributed by atoms with Gasteiger partial charge in [0, 0.05) is 19.8 Å². The summed E-state index contributed by atoms with van der Waals surface area (Å²) in [6.45, 7) is 7.63. The van der Waals surface area contributed by atoms with Crippen molar-refractivity contribution in [2.75, 3.05) is 24.4 Å². The molecule has 1 N–H and O–H groups in total. The standard InChI is InChI=1S/C15H27N5O2S/c1-15(2,3)22-14(21)17-23-20(13-9-16-19(5)11-13)12-7-6-8-18(4)10-12/h9,11-12H,6-8,10H2,1-5H3,(H,17,21). The zero-order valence-corrected chi connectivity index (χ0v) is 15.4. The van der Waals surface area contributed by atoms with Crippen molar-refractivity contribution in [2.45, 2.75) is 45.3 Å². The van der Waals surface area contributed by atoms with Crippen LogP contribution in [-0.2, 0) is 11.8 Å².